The van der Waals surface area contributed by atoms with Gasteiger partial charge in [0.2, 0.25) is 10.0 Å². The fourth-order valence-electron chi connectivity index (χ4n) is 1.80. The molecule has 0 fully saturated rings. The largest absolute Gasteiger partial charge is 0.497 e. The number of rotatable bonds is 5. The van der Waals surface area contributed by atoms with Crippen LogP contribution in [0.1, 0.15) is 18.5 Å². The van der Waals surface area contributed by atoms with E-state index >= 15 is 0 Å². The van der Waals surface area contributed by atoms with E-state index in [1.54, 1.807) is 26.2 Å². The Labute approximate surface area is 132 Å². The summed E-state index contributed by atoms with van der Waals surface area (Å²) in [5.74, 6) is 0.727. The second-order valence-corrected chi connectivity index (χ2v) is 7.08. The average molecular weight is 371 g/mol. The summed E-state index contributed by atoms with van der Waals surface area (Å²) in [5, 5.41) is 0. The predicted octanol–water partition coefficient (Wildman–Crippen LogP) is 2.89. The zero-order chi connectivity index (χ0) is 15.5. The summed E-state index contributed by atoms with van der Waals surface area (Å²) >= 11 is 3.21. The third kappa shape index (κ3) is 4.03. The van der Waals surface area contributed by atoms with E-state index in [1.165, 1.54) is 18.5 Å². The molecule has 2 aromatic rings. The summed E-state index contributed by atoms with van der Waals surface area (Å²) in [6.45, 7) is 1.78. The molecule has 112 valence electrons. The first-order valence-electron chi connectivity index (χ1n) is 6.19. The molecule has 1 unspecified atom stereocenters. The molecule has 1 aromatic heterocycles. The molecule has 0 aliphatic carbocycles. The topological polar surface area (TPSA) is 68.3 Å². The lowest BCUT2D eigenvalue weighted by Crippen LogP contribution is -2.27. The smallest absolute Gasteiger partial charge is 0.242 e. The molecule has 5 nitrogen and oxygen atoms in total. The highest BCUT2D eigenvalue weighted by Crippen LogP contribution is 2.20. The number of benzene rings is 1. The Balaban J connectivity index is 2.19. The van der Waals surface area contributed by atoms with E-state index < -0.39 is 10.0 Å². The van der Waals surface area contributed by atoms with Crippen molar-refractivity contribution >= 4 is 26.0 Å². The third-order valence-electron chi connectivity index (χ3n) is 2.94. The van der Waals surface area contributed by atoms with Gasteiger partial charge in [-0.05, 0) is 46.6 Å². The number of aromatic nitrogens is 1. The molecule has 1 aromatic carbocycles. The summed E-state index contributed by atoms with van der Waals surface area (Å²) in [6.07, 6.45) is 2.85. The predicted molar refractivity (Wildman–Crippen MR) is 83.7 cm³/mol. The van der Waals surface area contributed by atoms with Gasteiger partial charge in [-0.3, -0.25) is 4.98 Å². The third-order valence-corrected chi connectivity index (χ3v) is 4.88. The minimum absolute atomic E-state index is 0.122. The van der Waals surface area contributed by atoms with Gasteiger partial charge >= 0.3 is 0 Å². The second kappa shape index (κ2) is 6.55. The van der Waals surface area contributed by atoms with E-state index in [0.29, 0.717) is 4.47 Å². The van der Waals surface area contributed by atoms with Crippen LogP contribution in [0.25, 0.3) is 0 Å². The Morgan fingerprint density at radius 2 is 1.90 bits per heavy atom. The summed E-state index contributed by atoms with van der Waals surface area (Å²) in [6, 6.07) is 8.38. The van der Waals surface area contributed by atoms with Gasteiger partial charge < -0.3 is 4.74 Å². The zero-order valence-electron chi connectivity index (χ0n) is 11.6. The number of pyridine rings is 1. The van der Waals surface area contributed by atoms with Crippen LogP contribution in [0.5, 0.6) is 5.75 Å². The van der Waals surface area contributed by atoms with Gasteiger partial charge in [-0.15, -0.1) is 0 Å². The van der Waals surface area contributed by atoms with Crippen molar-refractivity contribution in [2.24, 2.45) is 0 Å². The van der Waals surface area contributed by atoms with Gasteiger partial charge in [-0.25, -0.2) is 13.1 Å². The maximum Gasteiger partial charge on any atom is 0.242 e. The molecule has 0 bridgehead atoms. The molecule has 0 aliphatic rings. The normalized spacial score (nSPS) is 12.9. The SMILES string of the molecule is COc1ccc(C(C)NS(=O)(=O)c2cncc(Br)c2)cc1. The fraction of sp³-hybridized carbons (Fsp3) is 0.214. The summed E-state index contributed by atoms with van der Waals surface area (Å²) in [7, 11) is -2.03. The first-order chi connectivity index (χ1) is 9.92. The highest BCUT2D eigenvalue weighted by Gasteiger charge is 2.19. The summed E-state index contributed by atoms with van der Waals surface area (Å²) < 4.78 is 32.9. The molecule has 1 heterocycles. The Bertz CT molecular complexity index is 717. The van der Waals surface area contributed by atoms with Crippen molar-refractivity contribution in [1.82, 2.24) is 9.71 Å². The lowest BCUT2D eigenvalue weighted by atomic mass is 10.1. The van der Waals surface area contributed by atoms with Gasteiger partial charge in [0.05, 0.1) is 7.11 Å². The molecule has 7 heteroatoms. The number of ether oxygens (including phenoxy) is 1. The molecule has 1 atom stereocenters. The van der Waals surface area contributed by atoms with E-state index in [1.807, 2.05) is 12.1 Å². The van der Waals surface area contributed by atoms with Crippen molar-refractivity contribution in [3.8, 4) is 5.75 Å². The zero-order valence-corrected chi connectivity index (χ0v) is 14.0. The number of nitrogens with zero attached hydrogens (tertiary/aromatic N) is 1. The van der Waals surface area contributed by atoms with Crippen molar-refractivity contribution in [1.29, 1.82) is 0 Å². The van der Waals surface area contributed by atoms with Crippen LogP contribution in [0.15, 0.2) is 52.1 Å². The molecule has 1 N–H and O–H groups in total. The lowest BCUT2D eigenvalue weighted by molar-refractivity contribution is 0.414. The van der Waals surface area contributed by atoms with Crippen molar-refractivity contribution < 1.29 is 13.2 Å². The molecule has 0 amide bonds. The molecular formula is C14H15BrN2O3S. The van der Waals surface area contributed by atoms with Gasteiger partial charge in [0, 0.05) is 22.9 Å². The van der Waals surface area contributed by atoms with Gasteiger partial charge in [-0.2, -0.15) is 0 Å². The molecule has 0 aliphatic heterocycles. The maximum absolute atomic E-state index is 12.3. The molecular weight excluding hydrogens is 356 g/mol. The molecule has 2 rings (SSSR count). The summed E-state index contributed by atoms with van der Waals surface area (Å²) in [4.78, 5) is 3.99. The molecule has 0 saturated carbocycles. The van der Waals surface area contributed by atoms with Crippen LogP contribution in [0.4, 0.5) is 0 Å². The quantitative estimate of drug-likeness (QED) is 0.878. The van der Waals surface area contributed by atoms with Crippen molar-refractivity contribution in [2.75, 3.05) is 7.11 Å². The summed E-state index contributed by atoms with van der Waals surface area (Å²) in [5.41, 5.74) is 0.849. The van der Waals surface area contributed by atoms with Crippen molar-refractivity contribution in [3.63, 3.8) is 0 Å². The Morgan fingerprint density at radius 3 is 2.48 bits per heavy atom. The fourth-order valence-corrected chi connectivity index (χ4v) is 3.54. The van der Waals surface area contributed by atoms with Crippen LogP contribution in [-0.4, -0.2) is 20.5 Å². The maximum atomic E-state index is 12.3. The van der Waals surface area contributed by atoms with Crippen molar-refractivity contribution in [2.45, 2.75) is 17.9 Å². The van der Waals surface area contributed by atoms with Gasteiger partial charge in [0.1, 0.15) is 10.6 Å². The van der Waals surface area contributed by atoms with E-state index in [0.717, 1.165) is 11.3 Å². The van der Waals surface area contributed by atoms with Crippen LogP contribution in [0, 0.1) is 0 Å². The van der Waals surface area contributed by atoms with Crippen LogP contribution < -0.4 is 9.46 Å². The van der Waals surface area contributed by atoms with Crippen LogP contribution in [0.2, 0.25) is 0 Å². The molecule has 21 heavy (non-hydrogen) atoms. The first-order valence-corrected chi connectivity index (χ1v) is 8.47. The van der Waals surface area contributed by atoms with Crippen LogP contribution in [0.3, 0.4) is 0 Å². The monoisotopic (exact) mass is 370 g/mol. The number of methoxy groups -OCH3 is 1. The highest BCUT2D eigenvalue weighted by molar-refractivity contribution is 9.10. The van der Waals surface area contributed by atoms with Gasteiger partial charge in [0.15, 0.2) is 0 Å². The van der Waals surface area contributed by atoms with E-state index in [2.05, 4.69) is 25.6 Å². The average Bonchev–Trinajstić information content (AvgIpc) is 2.47. The minimum Gasteiger partial charge on any atom is -0.497 e. The number of hydrogen-bond acceptors (Lipinski definition) is 4. The number of nitrogens with one attached hydrogen (secondary N) is 1. The number of sulfonamides is 1. The van der Waals surface area contributed by atoms with Crippen LogP contribution in [-0.2, 0) is 10.0 Å². The van der Waals surface area contributed by atoms with Crippen molar-refractivity contribution in [3.05, 3.63) is 52.8 Å². The van der Waals surface area contributed by atoms with E-state index in [4.69, 9.17) is 4.74 Å². The standard InChI is InChI=1S/C14H15BrN2O3S/c1-10(11-3-5-13(20-2)6-4-11)17-21(18,19)14-7-12(15)8-16-9-14/h3-10,17H,1-2H3. The van der Waals surface area contributed by atoms with Gasteiger partial charge in [0.25, 0.3) is 0 Å². The second-order valence-electron chi connectivity index (χ2n) is 4.45. The molecule has 0 spiro atoms. The Kier molecular flexibility index (Phi) is 4.97. The van der Waals surface area contributed by atoms with E-state index in [-0.39, 0.29) is 10.9 Å². The number of halogens is 1. The van der Waals surface area contributed by atoms with Crippen LogP contribution >= 0.6 is 15.9 Å². The lowest BCUT2D eigenvalue weighted by Gasteiger charge is -2.15. The molecule has 0 saturated heterocycles. The van der Waals surface area contributed by atoms with E-state index in [9.17, 15) is 8.42 Å². The minimum atomic E-state index is -3.62. The number of hydrogen-bond donors (Lipinski definition) is 1. The highest BCUT2D eigenvalue weighted by atomic mass is 79.9. The first kappa shape index (κ1) is 15.9. The van der Waals surface area contributed by atoms with Gasteiger partial charge in [-0.1, -0.05) is 12.1 Å². The Morgan fingerprint density at radius 1 is 1.24 bits per heavy atom. The Hall–Kier alpha value is -1.44. The molecule has 0 radical (unpaired) electrons.